The van der Waals surface area contributed by atoms with Crippen LogP contribution < -0.4 is 4.74 Å². The predicted octanol–water partition coefficient (Wildman–Crippen LogP) is 2.61. The summed E-state index contributed by atoms with van der Waals surface area (Å²) >= 11 is 0. The van der Waals surface area contributed by atoms with Crippen molar-refractivity contribution in [1.29, 1.82) is 0 Å². The summed E-state index contributed by atoms with van der Waals surface area (Å²) in [7, 11) is -3.51. The molecule has 1 saturated heterocycles. The van der Waals surface area contributed by atoms with E-state index in [9.17, 15) is 8.42 Å². The van der Waals surface area contributed by atoms with Crippen molar-refractivity contribution in [3.8, 4) is 5.75 Å². The molecule has 0 aliphatic carbocycles. The number of aryl methyl sites for hydroxylation is 1. The normalized spacial score (nSPS) is 17.5. The molecular formula is C16H16O4S. The molecule has 3 rings (SSSR count). The zero-order chi connectivity index (χ0) is 14.9. The lowest BCUT2D eigenvalue weighted by Gasteiger charge is -2.11. The Morgan fingerprint density at radius 1 is 1.14 bits per heavy atom. The predicted molar refractivity (Wildman–Crippen MR) is 78.3 cm³/mol. The van der Waals surface area contributed by atoms with Gasteiger partial charge in [-0.2, -0.15) is 0 Å². The minimum atomic E-state index is -3.51. The van der Waals surface area contributed by atoms with Crippen LogP contribution in [0, 0.1) is 6.92 Å². The molecule has 110 valence electrons. The maximum atomic E-state index is 12.6. The van der Waals surface area contributed by atoms with Crippen molar-refractivity contribution in [3.05, 3.63) is 54.1 Å². The molecule has 21 heavy (non-hydrogen) atoms. The number of hydrogen-bond donors (Lipinski definition) is 0. The first-order chi connectivity index (χ1) is 10.1. The van der Waals surface area contributed by atoms with Crippen LogP contribution in [0.5, 0.6) is 5.75 Å². The third-order valence-electron chi connectivity index (χ3n) is 3.35. The van der Waals surface area contributed by atoms with Gasteiger partial charge in [0.2, 0.25) is 9.84 Å². The molecule has 0 radical (unpaired) electrons. The lowest BCUT2D eigenvalue weighted by Crippen LogP contribution is -2.07. The van der Waals surface area contributed by atoms with Crippen LogP contribution in [0.25, 0.3) is 0 Å². The summed E-state index contributed by atoms with van der Waals surface area (Å²) in [6, 6.07) is 13.3. The molecule has 0 amide bonds. The largest absolute Gasteiger partial charge is 0.490 e. The average Bonchev–Trinajstić information content (AvgIpc) is 3.31. The van der Waals surface area contributed by atoms with Gasteiger partial charge in [0.25, 0.3) is 0 Å². The highest BCUT2D eigenvalue weighted by molar-refractivity contribution is 7.91. The fourth-order valence-corrected chi connectivity index (χ4v) is 3.28. The summed E-state index contributed by atoms with van der Waals surface area (Å²) < 4.78 is 35.9. The Morgan fingerprint density at radius 2 is 1.86 bits per heavy atom. The van der Waals surface area contributed by atoms with Gasteiger partial charge in [0, 0.05) is 0 Å². The van der Waals surface area contributed by atoms with Crippen LogP contribution in [-0.4, -0.2) is 27.7 Å². The van der Waals surface area contributed by atoms with Gasteiger partial charge < -0.3 is 9.47 Å². The molecule has 5 heteroatoms. The van der Waals surface area contributed by atoms with Gasteiger partial charge in [-0.25, -0.2) is 8.42 Å². The second kappa shape index (κ2) is 5.50. The van der Waals surface area contributed by atoms with Crippen molar-refractivity contribution >= 4 is 9.84 Å². The minimum absolute atomic E-state index is 0.138. The third-order valence-corrected chi connectivity index (χ3v) is 5.12. The molecule has 0 N–H and O–H groups in total. The van der Waals surface area contributed by atoms with Gasteiger partial charge in [0.1, 0.15) is 18.5 Å². The molecule has 2 aromatic carbocycles. The Bertz CT molecular complexity index is 734. The van der Waals surface area contributed by atoms with Gasteiger partial charge in [-0.15, -0.1) is 0 Å². The van der Waals surface area contributed by atoms with Gasteiger partial charge >= 0.3 is 0 Å². The van der Waals surface area contributed by atoms with Gasteiger partial charge in [0.05, 0.1) is 16.4 Å². The van der Waals surface area contributed by atoms with Gasteiger partial charge in [-0.3, -0.25) is 0 Å². The van der Waals surface area contributed by atoms with Crippen LogP contribution in [0.15, 0.2) is 58.3 Å². The molecule has 0 spiro atoms. The first-order valence-corrected chi connectivity index (χ1v) is 8.21. The van der Waals surface area contributed by atoms with Crippen LogP contribution in [0.2, 0.25) is 0 Å². The first kappa shape index (κ1) is 14.1. The van der Waals surface area contributed by atoms with Gasteiger partial charge in [-0.1, -0.05) is 24.3 Å². The molecule has 1 unspecified atom stereocenters. The molecule has 2 aromatic rings. The summed E-state index contributed by atoms with van der Waals surface area (Å²) in [6.45, 7) is 3.05. The van der Waals surface area contributed by atoms with Crippen molar-refractivity contribution in [2.24, 2.45) is 0 Å². The Kier molecular flexibility index (Phi) is 3.69. The molecule has 0 aromatic heterocycles. The number of sulfone groups is 1. The monoisotopic (exact) mass is 304 g/mol. The molecule has 1 atom stereocenters. The molecule has 1 heterocycles. The smallest absolute Gasteiger partial charge is 0.206 e. The number of hydrogen-bond acceptors (Lipinski definition) is 4. The third kappa shape index (κ3) is 3.09. The van der Waals surface area contributed by atoms with Gasteiger partial charge in [0.15, 0.2) is 0 Å². The van der Waals surface area contributed by atoms with Crippen molar-refractivity contribution in [2.45, 2.75) is 22.8 Å². The average molecular weight is 304 g/mol. The number of epoxide rings is 1. The zero-order valence-electron chi connectivity index (χ0n) is 11.7. The van der Waals surface area contributed by atoms with Crippen molar-refractivity contribution in [2.75, 3.05) is 13.2 Å². The van der Waals surface area contributed by atoms with Crippen molar-refractivity contribution in [1.82, 2.24) is 0 Å². The lowest BCUT2D eigenvalue weighted by atomic mass is 10.2. The summed E-state index contributed by atoms with van der Waals surface area (Å²) in [5.41, 5.74) is 0.905. The minimum Gasteiger partial charge on any atom is -0.490 e. The van der Waals surface area contributed by atoms with E-state index in [1.807, 2.05) is 6.92 Å². The van der Waals surface area contributed by atoms with E-state index in [-0.39, 0.29) is 15.9 Å². The fourth-order valence-electron chi connectivity index (χ4n) is 1.99. The Morgan fingerprint density at radius 3 is 2.52 bits per heavy atom. The maximum Gasteiger partial charge on any atom is 0.206 e. The highest BCUT2D eigenvalue weighted by Crippen LogP contribution is 2.27. The van der Waals surface area contributed by atoms with E-state index in [1.54, 1.807) is 48.5 Å². The standard InChI is InChI=1S/C16H16O4S/c1-12-7-8-15(9-16(12)20-11-13-10-19-13)21(17,18)14-5-3-2-4-6-14/h2-9,13H,10-11H2,1H3. The van der Waals surface area contributed by atoms with Crippen molar-refractivity contribution < 1.29 is 17.9 Å². The fraction of sp³-hybridized carbons (Fsp3) is 0.250. The van der Waals surface area contributed by atoms with Crippen LogP contribution in [0.3, 0.4) is 0 Å². The first-order valence-electron chi connectivity index (χ1n) is 6.72. The van der Waals surface area contributed by atoms with E-state index in [4.69, 9.17) is 9.47 Å². The molecule has 1 aliphatic heterocycles. The highest BCUT2D eigenvalue weighted by atomic mass is 32.2. The van der Waals surface area contributed by atoms with Crippen LogP contribution in [0.1, 0.15) is 5.56 Å². The van der Waals surface area contributed by atoms with E-state index in [1.165, 1.54) is 0 Å². The molecule has 4 nitrogen and oxygen atoms in total. The molecular weight excluding hydrogens is 288 g/mol. The SMILES string of the molecule is Cc1ccc(S(=O)(=O)c2ccccc2)cc1OCC1CO1. The Hall–Kier alpha value is -1.85. The zero-order valence-corrected chi connectivity index (χ0v) is 12.5. The van der Waals surface area contributed by atoms with Gasteiger partial charge in [-0.05, 0) is 36.8 Å². The molecule has 1 aliphatic rings. The number of ether oxygens (including phenoxy) is 2. The quantitative estimate of drug-likeness (QED) is 0.797. The Balaban J connectivity index is 1.92. The summed E-state index contributed by atoms with van der Waals surface area (Å²) in [4.78, 5) is 0.524. The van der Waals surface area contributed by atoms with Crippen LogP contribution in [-0.2, 0) is 14.6 Å². The van der Waals surface area contributed by atoms with Crippen molar-refractivity contribution in [3.63, 3.8) is 0 Å². The van der Waals surface area contributed by atoms with E-state index < -0.39 is 9.84 Å². The maximum absolute atomic E-state index is 12.6. The summed E-state index contributed by atoms with van der Waals surface area (Å²) in [5.74, 6) is 0.586. The number of benzene rings is 2. The van der Waals surface area contributed by atoms with E-state index in [0.717, 1.165) is 5.56 Å². The van der Waals surface area contributed by atoms with Crippen LogP contribution >= 0.6 is 0 Å². The second-order valence-electron chi connectivity index (χ2n) is 5.01. The second-order valence-corrected chi connectivity index (χ2v) is 6.96. The number of rotatable bonds is 5. The Labute approximate surface area is 124 Å². The van der Waals surface area contributed by atoms with E-state index >= 15 is 0 Å². The van der Waals surface area contributed by atoms with E-state index in [0.29, 0.717) is 19.0 Å². The van der Waals surface area contributed by atoms with E-state index in [2.05, 4.69) is 0 Å². The lowest BCUT2D eigenvalue weighted by molar-refractivity contribution is 0.261. The summed E-state index contributed by atoms with van der Waals surface area (Å²) in [5, 5.41) is 0. The molecule has 0 saturated carbocycles. The summed E-state index contributed by atoms with van der Waals surface area (Å²) in [6.07, 6.45) is 0.138. The van der Waals surface area contributed by atoms with Crippen LogP contribution in [0.4, 0.5) is 0 Å². The topological polar surface area (TPSA) is 55.9 Å². The molecule has 1 fully saturated rings. The molecule has 0 bridgehead atoms. The highest BCUT2D eigenvalue weighted by Gasteiger charge is 2.24.